The first kappa shape index (κ1) is 30.4. The molecule has 2 aliphatic rings. The second kappa shape index (κ2) is 13.8. The summed E-state index contributed by atoms with van der Waals surface area (Å²) in [4.78, 5) is 25.1. The molecule has 1 amide bonds. The van der Waals surface area contributed by atoms with Gasteiger partial charge >= 0.3 is 5.97 Å². The highest BCUT2D eigenvalue weighted by atomic mass is 32.2. The van der Waals surface area contributed by atoms with E-state index in [0.29, 0.717) is 18.9 Å². The number of carbonyl (C=O) groups excluding carboxylic acids is 2. The summed E-state index contributed by atoms with van der Waals surface area (Å²) >= 11 is 1.01. The number of benzene rings is 1. The molecule has 214 valence electrons. The maximum absolute atomic E-state index is 12.9. The smallest absolute Gasteiger partial charge is 0.338 e. The number of amides is 1. The van der Waals surface area contributed by atoms with E-state index in [1.807, 2.05) is 0 Å². The third kappa shape index (κ3) is 7.72. The second-order valence-corrected chi connectivity index (χ2v) is 11.0. The van der Waals surface area contributed by atoms with Crippen LogP contribution >= 0.6 is 11.8 Å². The molecule has 2 heterocycles. The van der Waals surface area contributed by atoms with Gasteiger partial charge in [0.25, 0.3) is 0 Å². The maximum atomic E-state index is 12.9. The third-order valence-corrected chi connectivity index (χ3v) is 7.88. The number of aliphatic hydroxyl groups is 4. The lowest BCUT2D eigenvalue weighted by atomic mass is 9.92. The molecular formula is C25H38N2O10S. The molecule has 38 heavy (non-hydrogen) atoms. The third-order valence-electron chi connectivity index (χ3n) is 6.76. The van der Waals surface area contributed by atoms with Crippen molar-refractivity contribution < 1.29 is 49.7 Å². The molecule has 1 aromatic rings. The fraction of sp³-hybridized carbons (Fsp3) is 0.680. The highest BCUT2D eigenvalue weighted by Gasteiger charge is 2.48. The van der Waals surface area contributed by atoms with Gasteiger partial charge in [0, 0.05) is 11.8 Å². The zero-order valence-electron chi connectivity index (χ0n) is 21.4. The Morgan fingerprint density at radius 2 is 1.84 bits per heavy atom. The van der Waals surface area contributed by atoms with Crippen LogP contribution in [0.1, 0.15) is 43.5 Å². The van der Waals surface area contributed by atoms with Gasteiger partial charge in [-0.15, -0.1) is 11.8 Å². The van der Waals surface area contributed by atoms with Crippen LogP contribution < -0.4 is 10.6 Å². The first-order valence-electron chi connectivity index (χ1n) is 12.7. The van der Waals surface area contributed by atoms with Gasteiger partial charge < -0.3 is 50.7 Å². The number of carbonyl (C=O) groups is 2. The first-order chi connectivity index (χ1) is 18.0. The molecule has 2 aliphatic heterocycles. The highest BCUT2D eigenvalue weighted by Crippen LogP contribution is 2.31. The topological polar surface area (TPSA) is 198 Å². The fourth-order valence-electron chi connectivity index (χ4n) is 4.78. The molecule has 0 aromatic heterocycles. The van der Waals surface area contributed by atoms with E-state index in [0.717, 1.165) is 42.8 Å². The predicted molar refractivity (Wildman–Crippen MR) is 138 cm³/mol. The Morgan fingerprint density at radius 3 is 2.47 bits per heavy atom. The summed E-state index contributed by atoms with van der Waals surface area (Å²) in [6.07, 6.45) is -4.38. The molecule has 1 aromatic carbocycles. The molecule has 8 N–H and O–H groups in total. The van der Waals surface area contributed by atoms with Gasteiger partial charge in [-0.25, -0.2) is 4.79 Å². The summed E-state index contributed by atoms with van der Waals surface area (Å²) in [5.74, 6) is -1.22. The number of thioether (sulfide) groups is 1. The number of ether oxygens (including phenoxy) is 2. The van der Waals surface area contributed by atoms with Gasteiger partial charge in [-0.1, -0.05) is 13.3 Å². The van der Waals surface area contributed by atoms with Crippen LogP contribution in [0.2, 0.25) is 0 Å². The van der Waals surface area contributed by atoms with Crippen molar-refractivity contribution in [1.29, 1.82) is 0 Å². The van der Waals surface area contributed by atoms with E-state index < -0.39 is 54.0 Å². The molecule has 2 saturated heterocycles. The number of aromatic hydroxyl groups is 2. The van der Waals surface area contributed by atoms with Gasteiger partial charge in [-0.3, -0.25) is 4.79 Å². The molecule has 0 unspecified atom stereocenters. The molecule has 9 atom stereocenters. The minimum atomic E-state index is -1.61. The van der Waals surface area contributed by atoms with Gasteiger partial charge in [0.2, 0.25) is 5.91 Å². The van der Waals surface area contributed by atoms with Crippen LogP contribution in [0.4, 0.5) is 0 Å². The molecule has 2 fully saturated rings. The molecule has 0 saturated carbocycles. The summed E-state index contributed by atoms with van der Waals surface area (Å²) in [5.41, 5.74) is -1.10. The zero-order chi connectivity index (χ0) is 28.0. The molecule has 13 heteroatoms. The van der Waals surface area contributed by atoms with Gasteiger partial charge in [-0.05, 0) is 44.4 Å². The van der Waals surface area contributed by atoms with Crippen molar-refractivity contribution in [3.8, 4) is 11.5 Å². The zero-order valence-corrected chi connectivity index (χ0v) is 22.2. The molecule has 0 aliphatic carbocycles. The largest absolute Gasteiger partial charge is 0.508 e. The lowest BCUT2D eigenvalue weighted by molar-refractivity contribution is -0.211. The summed E-state index contributed by atoms with van der Waals surface area (Å²) < 4.78 is 11.0. The second-order valence-electron chi connectivity index (χ2n) is 9.81. The van der Waals surface area contributed by atoms with Crippen molar-refractivity contribution in [3.63, 3.8) is 0 Å². The van der Waals surface area contributed by atoms with Crippen molar-refractivity contribution >= 4 is 23.6 Å². The van der Waals surface area contributed by atoms with Crippen LogP contribution in [0.15, 0.2) is 18.2 Å². The van der Waals surface area contributed by atoms with Crippen molar-refractivity contribution in [1.82, 2.24) is 10.6 Å². The van der Waals surface area contributed by atoms with Crippen molar-refractivity contribution in [2.24, 2.45) is 5.92 Å². The number of hydrogen-bond donors (Lipinski definition) is 8. The van der Waals surface area contributed by atoms with E-state index in [2.05, 4.69) is 17.6 Å². The minimum absolute atomic E-state index is 0.0478. The van der Waals surface area contributed by atoms with Crippen LogP contribution in [-0.4, -0.2) is 109 Å². The van der Waals surface area contributed by atoms with Crippen LogP contribution in [0.25, 0.3) is 0 Å². The number of rotatable bonds is 11. The Kier molecular flexibility index (Phi) is 11.0. The van der Waals surface area contributed by atoms with Crippen molar-refractivity contribution in [3.05, 3.63) is 23.8 Å². The summed E-state index contributed by atoms with van der Waals surface area (Å²) in [7, 11) is 0. The fourth-order valence-corrected chi connectivity index (χ4v) is 5.76. The molecule has 0 bridgehead atoms. The molecule has 12 nitrogen and oxygen atoms in total. The van der Waals surface area contributed by atoms with Crippen LogP contribution in [0.5, 0.6) is 11.5 Å². The normalized spacial score (nSPS) is 30.9. The van der Waals surface area contributed by atoms with Gasteiger partial charge in [0.05, 0.1) is 23.8 Å². The lowest BCUT2D eigenvalue weighted by Crippen LogP contribution is -2.65. The Bertz CT molecular complexity index is 930. The Balaban J connectivity index is 1.57. The number of phenolic OH excluding ortho intramolecular Hbond substituents is 2. The highest BCUT2D eigenvalue weighted by molar-refractivity contribution is 7.99. The first-order valence-corrected chi connectivity index (χ1v) is 13.8. The molecule has 0 spiro atoms. The SMILES string of the molecule is CCC[C@H]1CN[C@H](C(=O)N[C@@H]([C@H]2O[C@H](SCCOC(=O)c3cc(O)cc(O)c3)[C@H](O)[C@@H](O)[C@H]2O)[C@@H](C)O)C1. The average Bonchev–Trinajstić information content (AvgIpc) is 3.33. The maximum Gasteiger partial charge on any atom is 0.338 e. The number of hydrogen-bond acceptors (Lipinski definition) is 12. The number of esters is 1. The van der Waals surface area contributed by atoms with Gasteiger partial charge in [0.1, 0.15) is 48.0 Å². The number of phenols is 2. The van der Waals surface area contributed by atoms with Crippen LogP contribution in [-0.2, 0) is 14.3 Å². The predicted octanol–water partition coefficient (Wildman–Crippen LogP) is -0.561. The summed E-state index contributed by atoms with van der Waals surface area (Å²) in [5, 5.41) is 66.9. The quantitative estimate of drug-likeness (QED) is 0.127. The van der Waals surface area contributed by atoms with E-state index in [-0.39, 0.29) is 35.3 Å². The Morgan fingerprint density at radius 1 is 1.16 bits per heavy atom. The number of nitrogens with one attached hydrogen (secondary N) is 2. The molecule has 3 rings (SSSR count). The van der Waals surface area contributed by atoms with Crippen LogP contribution in [0.3, 0.4) is 0 Å². The average molecular weight is 559 g/mol. The Labute approximate surface area is 225 Å². The Hall–Kier alpha value is -2.13. The minimum Gasteiger partial charge on any atom is -0.508 e. The van der Waals surface area contributed by atoms with E-state index in [1.54, 1.807) is 0 Å². The molecule has 0 radical (unpaired) electrons. The lowest BCUT2D eigenvalue weighted by Gasteiger charge is -2.44. The van der Waals surface area contributed by atoms with E-state index >= 15 is 0 Å². The standard InChI is InChI=1S/C25H38N2O10S/c1-3-4-13-7-17(26-11-13)23(34)27-18(12(2)28)22-20(32)19(31)21(33)25(37-22)38-6-5-36-24(35)14-8-15(29)10-16(30)9-14/h8-10,12-13,17-22,25-26,28-33H,3-7,11H2,1-2H3,(H,27,34)/t12-,13-,17+,18-,19+,20-,21-,22-,25-/m1/s1. The van der Waals surface area contributed by atoms with Crippen molar-refractivity contribution in [2.45, 2.75) is 81.1 Å². The van der Waals surface area contributed by atoms with Crippen molar-refractivity contribution in [2.75, 3.05) is 18.9 Å². The van der Waals surface area contributed by atoms with E-state index in [9.17, 15) is 40.2 Å². The monoisotopic (exact) mass is 558 g/mol. The van der Waals surface area contributed by atoms with E-state index in [1.165, 1.54) is 6.92 Å². The summed E-state index contributed by atoms with van der Waals surface area (Å²) in [6.45, 7) is 4.10. The van der Waals surface area contributed by atoms with Gasteiger partial charge in [-0.2, -0.15) is 0 Å². The van der Waals surface area contributed by atoms with E-state index in [4.69, 9.17) is 9.47 Å². The summed E-state index contributed by atoms with van der Waals surface area (Å²) in [6, 6.07) is 1.84. The number of aliphatic hydroxyl groups excluding tert-OH is 4. The molecular weight excluding hydrogens is 520 g/mol. The van der Waals surface area contributed by atoms with Crippen LogP contribution in [0, 0.1) is 5.92 Å². The van der Waals surface area contributed by atoms with Gasteiger partial charge in [0.15, 0.2) is 0 Å².